The van der Waals surface area contributed by atoms with Crippen molar-refractivity contribution < 1.29 is 18.8 Å². The van der Waals surface area contributed by atoms with Gasteiger partial charge in [-0.05, 0) is 24.3 Å². The van der Waals surface area contributed by atoms with Crippen LogP contribution < -0.4 is 14.8 Å². The van der Waals surface area contributed by atoms with Gasteiger partial charge in [0.2, 0.25) is 0 Å². The van der Waals surface area contributed by atoms with Gasteiger partial charge in [0.25, 0.3) is 0 Å². The molecule has 6 nitrogen and oxygen atoms in total. The van der Waals surface area contributed by atoms with Gasteiger partial charge in [-0.15, -0.1) is 0 Å². The van der Waals surface area contributed by atoms with Crippen LogP contribution in [0.4, 0.5) is 0 Å². The smallest absolute Gasteiger partial charge is 0.416 e. The van der Waals surface area contributed by atoms with Gasteiger partial charge in [0.05, 0.1) is 0 Å². The minimum absolute atomic E-state index is 0.231. The van der Waals surface area contributed by atoms with Crippen molar-refractivity contribution in [1.29, 1.82) is 0 Å². The third-order valence-electron chi connectivity index (χ3n) is 2.46. The third kappa shape index (κ3) is 4.54. The van der Waals surface area contributed by atoms with Crippen molar-refractivity contribution >= 4 is 13.4 Å². The van der Waals surface area contributed by atoms with E-state index in [9.17, 15) is 4.57 Å². The zero-order valence-electron chi connectivity index (χ0n) is 11.1. The van der Waals surface area contributed by atoms with Crippen LogP contribution in [0.1, 0.15) is 0 Å². The molecule has 0 radical (unpaired) electrons. The van der Waals surface area contributed by atoms with E-state index in [0.29, 0.717) is 11.5 Å². The number of hydrogen-bond acceptors (Lipinski definition) is 5. The van der Waals surface area contributed by atoms with Crippen molar-refractivity contribution in [2.24, 2.45) is 10.9 Å². The van der Waals surface area contributed by atoms with Gasteiger partial charge in [0.1, 0.15) is 17.7 Å². The van der Waals surface area contributed by atoms with Gasteiger partial charge in [-0.2, -0.15) is 0 Å². The molecule has 3 N–H and O–H groups in total. The average molecular weight is 306 g/mol. The Morgan fingerprint density at radius 3 is 1.81 bits per heavy atom. The Morgan fingerprint density at radius 1 is 1.00 bits per heavy atom. The number of rotatable bonds is 6. The van der Waals surface area contributed by atoms with Crippen molar-refractivity contribution in [2.75, 3.05) is 6.16 Å². The summed E-state index contributed by atoms with van der Waals surface area (Å²) in [5.74, 6) is 0.523. The fraction of sp³-hybridized carbons (Fsp3) is 0.0714. The maximum Gasteiger partial charge on any atom is 0.438 e. The fourth-order valence-corrected chi connectivity index (χ4v) is 3.11. The highest BCUT2D eigenvalue weighted by molar-refractivity contribution is 7.55. The molecule has 2 aromatic rings. The van der Waals surface area contributed by atoms with Crippen molar-refractivity contribution in [3.8, 4) is 11.5 Å². The molecular weight excluding hydrogens is 291 g/mol. The van der Waals surface area contributed by atoms with Gasteiger partial charge < -0.3 is 20.0 Å². The standard InChI is InChI=1S/C14H15N2O4P/c15-14(16-17)11-21(18,19-12-7-3-1-4-8-12)20-13-9-5-2-6-10-13/h1-10,17H,11H2,(H2,15,16). The Hall–Kier alpha value is -2.46. The molecule has 110 valence electrons. The molecule has 0 aliphatic heterocycles. The average Bonchev–Trinajstić information content (AvgIpc) is 2.48. The monoisotopic (exact) mass is 306 g/mol. The zero-order valence-corrected chi connectivity index (χ0v) is 12.0. The Bertz CT molecular complexity index is 601. The molecule has 0 fully saturated rings. The van der Waals surface area contributed by atoms with Crippen LogP contribution in [0.25, 0.3) is 0 Å². The van der Waals surface area contributed by atoms with E-state index in [1.807, 2.05) is 0 Å². The molecule has 2 aromatic carbocycles. The van der Waals surface area contributed by atoms with E-state index in [2.05, 4.69) is 5.16 Å². The first-order valence-electron chi connectivity index (χ1n) is 6.16. The molecule has 0 aromatic heterocycles. The topological polar surface area (TPSA) is 94.1 Å². The van der Waals surface area contributed by atoms with E-state index in [4.69, 9.17) is 20.0 Å². The number of hydrogen-bond donors (Lipinski definition) is 2. The summed E-state index contributed by atoms with van der Waals surface area (Å²) in [6, 6.07) is 17.2. The number of nitrogens with zero attached hydrogens (tertiary/aromatic N) is 1. The van der Waals surface area contributed by atoms with Gasteiger partial charge in [-0.3, -0.25) is 0 Å². The molecule has 0 aliphatic carbocycles. The Kier molecular flexibility index (Phi) is 4.85. The first kappa shape index (κ1) is 14.9. The van der Waals surface area contributed by atoms with Crippen LogP contribution in [-0.2, 0) is 4.57 Å². The predicted octanol–water partition coefficient (Wildman–Crippen LogP) is 3.08. The molecule has 0 heterocycles. The number of para-hydroxylation sites is 2. The second kappa shape index (κ2) is 6.81. The molecule has 0 bridgehead atoms. The molecular formula is C14H15N2O4P. The van der Waals surface area contributed by atoms with Gasteiger partial charge >= 0.3 is 7.60 Å². The van der Waals surface area contributed by atoms with Crippen LogP contribution in [0.15, 0.2) is 65.8 Å². The second-order valence-corrected chi connectivity index (χ2v) is 6.07. The SMILES string of the molecule is NC(CP(=O)(Oc1ccccc1)Oc1ccccc1)=NO. The summed E-state index contributed by atoms with van der Waals surface area (Å²) in [4.78, 5) is 0. The van der Waals surface area contributed by atoms with Gasteiger partial charge in [0, 0.05) is 0 Å². The summed E-state index contributed by atoms with van der Waals surface area (Å²) in [5.41, 5.74) is 5.43. The first-order chi connectivity index (χ1) is 10.1. The molecule has 0 saturated carbocycles. The van der Waals surface area contributed by atoms with Crippen LogP contribution >= 0.6 is 7.60 Å². The number of amidine groups is 1. The first-order valence-corrected chi connectivity index (χ1v) is 7.89. The predicted molar refractivity (Wildman–Crippen MR) is 80.0 cm³/mol. The second-order valence-electron chi connectivity index (χ2n) is 4.17. The third-order valence-corrected chi connectivity index (χ3v) is 4.15. The summed E-state index contributed by atoms with van der Waals surface area (Å²) >= 11 is 0. The van der Waals surface area contributed by atoms with E-state index < -0.39 is 7.60 Å². The molecule has 21 heavy (non-hydrogen) atoms. The van der Waals surface area contributed by atoms with E-state index in [-0.39, 0.29) is 12.0 Å². The van der Waals surface area contributed by atoms with E-state index >= 15 is 0 Å². The number of oxime groups is 1. The zero-order chi connectivity index (χ0) is 15.1. The molecule has 0 saturated heterocycles. The number of nitrogens with two attached hydrogens (primary N) is 1. The highest BCUT2D eigenvalue weighted by Crippen LogP contribution is 2.48. The molecule has 7 heteroatoms. The van der Waals surface area contributed by atoms with Gasteiger partial charge in [0.15, 0.2) is 5.84 Å². The lowest BCUT2D eigenvalue weighted by molar-refractivity contribution is 0.317. The molecule has 0 spiro atoms. The Balaban J connectivity index is 2.24. The van der Waals surface area contributed by atoms with Crippen LogP contribution in [0.2, 0.25) is 0 Å². The summed E-state index contributed by atoms with van der Waals surface area (Å²) in [5, 5.41) is 11.5. The highest BCUT2D eigenvalue weighted by atomic mass is 31.2. The molecule has 0 amide bonds. The normalized spacial score (nSPS) is 11.9. The fourth-order valence-electron chi connectivity index (χ4n) is 1.60. The maximum atomic E-state index is 12.8. The summed E-state index contributed by atoms with van der Waals surface area (Å²) in [6.45, 7) is 0. The van der Waals surface area contributed by atoms with Crippen LogP contribution in [0, 0.1) is 0 Å². The van der Waals surface area contributed by atoms with Crippen LogP contribution in [0.3, 0.4) is 0 Å². The van der Waals surface area contributed by atoms with Crippen molar-refractivity contribution in [3.05, 3.63) is 60.7 Å². The summed E-state index contributed by atoms with van der Waals surface area (Å²) < 4.78 is 23.7. The van der Waals surface area contributed by atoms with Crippen LogP contribution in [0.5, 0.6) is 11.5 Å². The quantitative estimate of drug-likeness (QED) is 0.281. The van der Waals surface area contributed by atoms with Crippen molar-refractivity contribution in [2.45, 2.75) is 0 Å². The largest absolute Gasteiger partial charge is 0.438 e. The lowest BCUT2D eigenvalue weighted by Crippen LogP contribution is -2.20. The van der Waals surface area contributed by atoms with Gasteiger partial charge in [-0.1, -0.05) is 41.6 Å². The number of benzene rings is 2. The lowest BCUT2D eigenvalue weighted by atomic mass is 10.3. The van der Waals surface area contributed by atoms with Crippen LogP contribution in [-0.4, -0.2) is 17.2 Å². The lowest BCUT2D eigenvalue weighted by Gasteiger charge is -2.19. The van der Waals surface area contributed by atoms with Gasteiger partial charge in [-0.25, -0.2) is 4.57 Å². The maximum absolute atomic E-state index is 12.8. The van der Waals surface area contributed by atoms with E-state index in [1.165, 1.54) is 0 Å². The summed E-state index contributed by atoms with van der Waals surface area (Å²) in [6.07, 6.45) is -0.326. The molecule has 2 rings (SSSR count). The van der Waals surface area contributed by atoms with Crippen molar-refractivity contribution in [1.82, 2.24) is 0 Å². The van der Waals surface area contributed by atoms with Crippen molar-refractivity contribution in [3.63, 3.8) is 0 Å². The highest BCUT2D eigenvalue weighted by Gasteiger charge is 2.30. The minimum Gasteiger partial charge on any atom is -0.416 e. The Labute approximate surface area is 122 Å². The van der Waals surface area contributed by atoms with E-state index in [1.54, 1.807) is 60.7 Å². The molecule has 0 aliphatic rings. The Morgan fingerprint density at radius 2 is 1.43 bits per heavy atom. The minimum atomic E-state index is -3.65. The molecule has 0 atom stereocenters. The molecule has 0 unspecified atom stereocenters. The summed E-state index contributed by atoms with van der Waals surface area (Å²) in [7, 11) is -3.65. The van der Waals surface area contributed by atoms with E-state index in [0.717, 1.165) is 0 Å².